The highest BCUT2D eigenvalue weighted by Gasteiger charge is 2.14. The van der Waals surface area contributed by atoms with Crippen LogP contribution in [0.1, 0.15) is 24.4 Å². The summed E-state index contributed by atoms with van der Waals surface area (Å²) in [6, 6.07) is 8.71. The first kappa shape index (κ1) is 7.62. The minimum absolute atomic E-state index is 0.561. The van der Waals surface area contributed by atoms with Gasteiger partial charge in [0.05, 0.1) is 0 Å². The number of hydrogen-bond acceptors (Lipinski definition) is 2. The highest BCUT2D eigenvalue weighted by molar-refractivity contribution is 5.40. The van der Waals surface area contributed by atoms with E-state index in [0.29, 0.717) is 6.04 Å². The van der Waals surface area contributed by atoms with Gasteiger partial charge in [-0.15, -0.1) is 0 Å². The van der Waals surface area contributed by atoms with Crippen molar-refractivity contribution in [3.8, 4) is 0 Å². The Kier molecular flexibility index (Phi) is 2.00. The normalized spacial score (nSPS) is 22.8. The highest BCUT2D eigenvalue weighted by Crippen LogP contribution is 2.23. The fourth-order valence-electron chi connectivity index (χ4n) is 1.70. The summed E-state index contributed by atoms with van der Waals surface area (Å²) >= 11 is 0. The molecule has 1 aliphatic rings. The van der Waals surface area contributed by atoms with Crippen LogP contribution >= 0.6 is 0 Å². The highest BCUT2D eigenvalue weighted by atomic mass is 14.9. The van der Waals surface area contributed by atoms with Crippen molar-refractivity contribution >= 4 is 5.69 Å². The van der Waals surface area contributed by atoms with E-state index in [4.69, 9.17) is 5.73 Å². The van der Waals surface area contributed by atoms with Gasteiger partial charge >= 0.3 is 0 Å². The van der Waals surface area contributed by atoms with Gasteiger partial charge in [0.1, 0.15) is 0 Å². The van der Waals surface area contributed by atoms with Crippen LogP contribution in [-0.2, 0) is 0 Å². The van der Waals surface area contributed by atoms with Gasteiger partial charge in [-0.1, -0.05) is 12.1 Å². The van der Waals surface area contributed by atoms with Crippen LogP contribution < -0.4 is 11.1 Å². The van der Waals surface area contributed by atoms with E-state index in [1.54, 1.807) is 0 Å². The lowest BCUT2D eigenvalue weighted by atomic mass is 10.1. The van der Waals surface area contributed by atoms with Crippen molar-refractivity contribution in [2.24, 2.45) is 0 Å². The first-order chi connectivity index (χ1) is 5.86. The molecule has 2 nitrogen and oxygen atoms in total. The number of nitrogens with two attached hydrogens (primary N) is 1. The summed E-state index contributed by atoms with van der Waals surface area (Å²) < 4.78 is 0. The van der Waals surface area contributed by atoms with E-state index < -0.39 is 0 Å². The molecule has 0 aromatic heterocycles. The molecular formula is C10H14N2. The molecule has 1 fully saturated rings. The number of benzene rings is 1. The van der Waals surface area contributed by atoms with Gasteiger partial charge in [-0.05, 0) is 37.1 Å². The van der Waals surface area contributed by atoms with Crippen LogP contribution in [0.5, 0.6) is 0 Å². The average Bonchev–Trinajstić information content (AvgIpc) is 2.58. The Labute approximate surface area is 72.8 Å². The first-order valence-corrected chi connectivity index (χ1v) is 4.45. The standard InChI is InChI=1S/C10H14N2/c11-9-5-3-8(4-6-9)10-2-1-7-12-10/h3-6,10,12H,1-2,7,11H2. The maximum atomic E-state index is 5.60. The summed E-state index contributed by atoms with van der Waals surface area (Å²) in [6.45, 7) is 1.15. The largest absolute Gasteiger partial charge is 0.399 e. The SMILES string of the molecule is Nc1ccc(C2CCCN2)cc1. The summed E-state index contributed by atoms with van der Waals surface area (Å²) in [6.07, 6.45) is 2.54. The lowest BCUT2D eigenvalue weighted by Gasteiger charge is -2.09. The minimum atomic E-state index is 0.561. The summed E-state index contributed by atoms with van der Waals surface area (Å²) in [7, 11) is 0. The van der Waals surface area contributed by atoms with E-state index in [2.05, 4.69) is 17.4 Å². The van der Waals surface area contributed by atoms with E-state index in [9.17, 15) is 0 Å². The van der Waals surface area contributed by atoms with E-state index in [1.807, 2.05) is 12.1 Å². The maximum Gasteiger partial charge on any atom is 0.0320 e. The molecule has 1 atom stereocenters. The van der Waals surface area contributed by atoms with Crippen LogP contribution in [0.4, 0.5) is 5.69 Å². The third-order valence-corrected chi connectivity index (χ3v) is 2.40. The van der Waals surface area contributed by atoms with Gasteiger partial charge in [-0.3, -0.25) is 0 Å². The van der Waals surface area contributed by atoms with Crippen molar-refractivity contribution in [3.05, 3.63) is 29.8 Å². The molecule has 0 saturated carbocycles. The second-order valence-electron chi connectivity index (χ2n) is 3.32. The smallest absolute Gasteiger partial charge is 0.0320 e. The molecule has 0 amide bonds. The molecule has 1 aromatic carbocycles. The van der Waals surface area contributed by atoms with Crippen LogP contribution in [-0.4, -0.2) is 6.54 Å². The Bertz CT molecular complexity index is 247. The maximum absolute atomic E-state index is 5.60. The number of nitrogens with one attached hydrogen (secondary N) is 1. The van der Waals surface area contributed by atoms with Gasteiger partial charge in [0.15, 0.2) is 0 Å². The molecule has 0 spiro atoms. The summed E-state index contributed by atoms with van der Waals surface area (Å²) in [5.74, 6) is 0. The second kappa shape index (κ2) is 3.15. The monoisotopic (exact) mass is 162 g/mol. The van der Waals surface area contributed by atoms with Crippen molar-refractivity contribution in [2.45, 2.75) is 18.9 Å². The summed E-state index contributed by atoms with van der Waals surface area (Å²) in [4.78, 5) is 0. The number of rotatable bonds is 1. The topological polar surface area (TPSA) is 38.0 Å². The Hall–Kier alpha value is -1.02. The molecule has 1 heterocycles. The van der Waals surface area contributed by atoms with Crippen molar-refractivity contribution in [1.29, 1.82) is 0 Å². The zero-order chi connectivity index (χ0) is 8.39. The molecular weight excluding hydrogens is 148 g/mol. The number of nitrogen functional groups attached to an aromatic ring is 1. The van der Waals surface area contributed by atoms with E-state index in [0.717, 1.165) is 12.2 Å². The number of anilines is 1. The van der Waals surface area contributed by atoms with Gasteiger partial charge < -0.3 is 11.1 Å². The molecule has 1 aliphatic heterocycles. The molecule has 2 heteroatoms. The Balaban J connectivity index is 2.17. The Morgan fingerprint density at radius 2 is 2.00 bits per heavy atom. The van der Waals surface area contributed by atoms with Gasteiger partial charge in [0.25, 0.3) is 0 Å². The van der Waals surface area contributed by atoms with E-state index in [-0.39, 0.29) is 0 Å². The second-order valence-corrected chi connectivity index (χ2v) is 3.32. The Morgan fingerprint density at radius 1 is 1.25 bits per heavy atom. The van der Waals surface area contributed by atoms with Crippen LogP contribution in [0.25, 0.3) is 0 Å². The predicted molar refractivity (Wildman–Crippen MR) is 50.8 cm³/mol. The van der Waals surface area contributed by atoms with Crippen molar-refractivity contribution in [3.63, 3.8) is 0 Å². The molecule has 0 radical (unpaired) electrons. The molecule has 3 N–H and O–H groups in total. The lowest BCUT2D eigenvalue weighted by molar-refractivity contribution is 0.648. The third kappa shape index (κ3) is 1.43. The fraction of sp³-hybridized carbons (Fsp3) is 0.400. The minimum Gasteiger partial charge on any atom is -0.399 e. The molecule has 0 aliphatic carbocycles. The van der Waals surface area contributed by atoms with Gasteiger partial charge in [-0.25, -0.2) is 0 Å². The zero-order valence-corrected chi connectivity index (χ0v) is 7.09. The van der Waals surface area contributed by atoms with Gasteiger partial charge in [0.2, 0.25) is 0 Å². The molecule has 12 heavy (non-hydrogen) atoms. The molecule has 64 valence electrons. The van der Waals surface area contributed by atoms with Crippen molar-refractivity contribution < 1.29 is 0 Å². The molecule has 1 unspecified atom stereocenters. The third-order valence-electron chi connectivity index (χ3n) is 2.40. The summed E-state index contributed by atoms with van der Waals surface area (Å²) in [5, 5.41) is 3.45. The molecule has 1 saturated heterocycles. The lowest BCUT2D eigenvalue weighted by Crippen LogP contribution is -2.12. The quantitative estimate of drug-likeness (QED) is 0.617. The van der Waals surface area contributed by atoms with Crippen LogP contribution in [0.2, 0.25) is 0 Å². The summed E-state index contributed by atoms with van der Waals surface area (Å²) in [5.41, 5.74) is 7.81. The Morgan fingerprint density at radius 3 is 2.58 bits per heavy atom. The predicted octanol–water partition coefficient (Wildman–Crippen LogP) is 1.69. The fourth-order valence-corrected chi connectivity index (χ4v) is 1.70. The zero-order valence-electron chi connectivity index (χ0n) is 7.09. The van der Waals surface area contributed by atoms with E-state index in [1.165, 1.54) is 18.4 Å². The van der Waals surface area contributed by atoms with Crippen LogP contribution in [0.3, 0.4) is 0 Å². The molecule has 0 bridgehead atoms. The van der Waals surface area contributed by atoms with Crippen LogP contribution in [0, 0.1) is 0 Å². The number of hydrogen-bond donors (Lipinski definition) is 2. The van der Waals surface area contributed by atoms with Crippen LogP contribution in [0.15, 0.2) is 24.3 Å². The molecule has 1 aromatic rings. The average molecular weight is 162 g/mol. The van der Waals surface area contributed by atoms with Crippen molar-refractivity contribution in [1.82, 2.24) is 5.32 Å². The van der Waals surface area contributed by atoms with Gasteiger partial charge in [0, 0.05) is 11.7 Å². The van der Waals surface area contributed by atoms with E-state index >= 15 is 0 Å². The molecule has 2 rings (SSSR count). The first-order valence-electron chi connectivity index (χ1n) is 4.45. The van der Waals surface area contributed by atoms with Crippen molar-refractivity contribution in [2.75, 3.05) is 12.3 Å². The van der Waals surface area contributed by atoms with Gasteiger partial charge in [-0.2, -0.15) is 0 Å².